The number of hydrogen-bond donors (Lipinski definition) is 3. The van der Waals surface area contributed by atoms with E-state index in [1.54, 1.807) is 13.0 Å². The number of carbonyl (C=O) groups excluding carboxylic acids is 2. The summed E-state index contributed by atoms with van der Waals surface area (Å²) < 4.78 is 40.1. The van der Waals surface area contributed by atoms with E-state index in [9.17, 15) is 22.8 Å². The lowest BCUT2D eigenvalue weighted by atomic mass is 9.87. The molecule has 0 unspecified atom stereocenters. The van der Waals surface area contributed by atoms with Gasteiger partial charge in [0.1, 0.15) is 5.41 Å². The predicted molar refractivity (Wildman–Crippen MR) is 107 cm³/mol. The second kappa shape index (κ2) is 8.31. The van der Waals surface area contributed by atoms with Crippen molar-refractivity contribution in [2.24, 2.45) is 0 Å². The maximum atomic E-state index is 13.4. The molecule has 0 radical (unpaired) electrons. The van der Waals surface area contributed by atoms with Gasteiger partial charge in [0.15, 0.2) is 5.13 Å². The molecular formula is C19H22F3N5O2S. The molecule has 0 aliphatic carbocycles. The number of halogens is 3. The molecule has 162 valence electrons. The number of aromatic nitrogens is 2. The fourth-order valence-corrected chi connectivity index (χ4v) is 3.97. The van der Waals surface area contributed by atoms with Gasteiger partial charge in [-0.1, -0.05) is 11.3 Å². The standard InChI is InChI=1S/C19H22F3N5O2S/c1-10-14(11-6-8-24-13(9-11)18(2,3)19(20,21)22)30-17(25-10)27-16(29)26-15(28)12-5-4-7-23-12/h6,8-9,12,23H,4-5,7H2,1-3H3,(H2,25,26,27,28,29)/t12-/m0/s1/i26+1. The highest BCUT2D eigenvalue weighted by atomic mass is 32.1. The third kappa shape index (κ3) is 4.62. The van der Waals surface area contributed by atoms with E-state index >= 15 is 0 Å². The Morgan fingerprint density at radius 2 is 2.03 bits per heavy atom. The number of amides is 3. The normalized spacial score (nSPS) is 17.1. The number of pyridine rings is 1. The number of urea groups is 1. The molecule has 11 heteroatoms. The van der Waals surface area contributed by atoms with E-state index in [0.717, 1.165) is 38.1 Å². The molecule has 0 spiro atoms. The van der Waals surface area contributed by atoms with E-state index < -0.39 is 29.6 Å². The number of imide groups is 1. The van der Waals surface area contributed by atoms with Gasteiger partial charge in [0.25, 0.3) is 0 Å². The quantitative estimate of drug-likeness (QED) is 0.627. The molecule has 0 saturated carbocycles. The zero-order valence-electron chi connectivity index (χ0n) is 16.7. The van der Waals surface area contributed by atoms with Crippen molar-refractivity contribution in [1.29, 1.82) is 0 Å². The van der Waals surface area contributed by atoms with Gasteiger partial charge in [-0.15, -0.1) is 0 Å². The Morgan fingerprint density at radius 3 is 2.67 bits per heavy atom. The highest BCUT2D eigenvalue weighted by Gasteiger charge is 2.49. The number of anilines is 1. The first-order chi connectivity index (χ1) is 14.0. The van der Waals surface area contributed by atoms with Crippen LogP contribution in [0.4, 0.5) is 23.1 Å². The van der Waals surface area contributed by atoms with Crippen molar-refractivity contribution in [2.75, 3.05) is 11.9 Å². The third-order valence-corrected chi connectivity index (χ3v) is 6.12. The molecule has 3 amide bonds. The van der Waals surface area contributed by atoms with Crippen LogP contribution in [0.1, 0.15) is 38.1 Å². The van der Waals surface area contributed by atoms with Crippen LogP contribution in [0.25, 0.3) is 10.4 Å². The molecule has 3 N–H and O–H groups in total. The lowest BCUT2D eigenvalue weighted by molar-refractivity contribution is -0.181. The van der Waals surface area contributed by atoms with Crippen LogP contribution >= 0.6 is 11.3 Å². The fraction of sp³-hybridized carbons (Fsp3) is 0.474. The highest BCUT2D eigenvalue weighted by molar-refractivity contribution is 7.19. The summed E-state index contributed by atoms with van der Waals surface area (Å²) in [6, 6.07) is 1.88. The minimum absolute atomic E-state index is 0.109. The van der Waals surface area contributed by atoms with Crippen molar-refractivity contribution in [1.82, 2.24) is 20.6 Å². The lowest BCUT2D eigenvalue weighted by Gasteiger charge is -2.27. The summed E-state index contributed by atoms with van der Waals surface area (Å²) in [6.07, 6.45) is -1.59. The van der Waals surface area contributed by atoms with Crippen LogP contribution < -0.4 is 16.0 Å². The Labute approximate surface area is 175 Å². The van der Waals surface area contributed by atoms with Gasteiger partial charge in [0, 0.05) is 6.20 Å². The van der Waals surface area contributed by atoms with Crippen molar-refractivity contribution >= 4 is 28.4 Å². The SMILES string of the molecule is Cc1nc(NC(=O)[15NH]C(=O)[C@@H]2CCCN2)sc1-c1ccnc(C(C)(C)C(F)(F)F)c1. The molecule has 1 atom stereocenters. The van der Waals surface area contributed by atoms with Gasteiger partial charge in [-0.3, -0.25) is 20.4 Å². The van der Waals surface area contributed by atoms with Gasteiger partial charge in [-0.2, -0.15) is 13.2 Å². The molecule has 1 fully saturated rings. The number of aryl methyl sites for hydroxylation is 1. The molecule has 2 aromatic heterocycles. The van der Waals surface area contributed by atoms with E-state index in [2.05, 4.69) is 25.9 Å². The lowest BCUT2D eigenvalue weighted by Crippen LogP contribution is -2.44. The predicted octanol–water partition coefficient (Wildman–Crippen LogP) is 3.75. The Bertz CT molecular complexity index is 952. The van der Waals surface area contributed by atoms with E-state index in [4.69, 9.17) is 0 Å². The van der Waals surface area contributed by atoms with Gasteiger partial charge < -0.3 is 5.32 Å². The monoisotopic (exact) mass is 442 g/mol. The van der Waals surface area contributed by atoms with Crippen LogP contribution in [0, 0.1) is 6.92 Å². The van der Waals surface area contributed by atoms with E-state index in [-0.39, 0.29) is 10.8 Å². The van der Waals surface area contributed by atoms with E-state index in [0.29, 0.717) is 22.6 Å². The zero-order valence-corrected chi connectivity index (χ0v) is 17.5. The molecule has 3 heterocycles. The first-order valence-corrected chi connectivity index (χ1v) is 10.2. The largest absolute Gasteiger partial charge is 0.399 e. The summed E-state index contributed by atoms with van der Waals surface area (Å²) in [4.78, 5) is 32.9. The van der Waals surface area contributed by atoms with E-state index in [1.807, 2.05) is 0 Å². The van der Waals surface area contributed by atoms with Crippen LogP contribution in [-0.4, -0.2) is 40.7 Å². The molecule has 3 rings (SSSR count). The van der Waals surface area contributed by atoms with Crippen LogP contribution in [0.2, 0.25) is 0 Å². The van der Waals surface area contributed by atoms with Gasteiger partial charge in [0.05, 0.1) is 22.3 Å². The topological polar surface area (TPSA) is 96.0 Å². The summed E-state index contributed by atoms with van der Waals surface area (Å²) >= 11 is 1.11. The number of hydrogen-bond acceptors (Lipinski definition) is 6. The van der Waals surface area contributed by atoms with Crippen molar-refractivity contribution in [3.8, 4) is 10.4 Å². The van der Waals surface area contributed by atoms with Crippen molar-refractivity contribution in [3.63, 3.8) is 0 Å². The van der Waals surface area contributed by atoms with Crippen LogP contribution in [0.15, 0.2) is 18.3 Å². The average Bonchev–Trinajstić information content (AvgIpc) is 3.30. The Kier molecular flexibility index (Phi) is 6.14. The molecule has 2 aromatic rings. The smallest absolute Gasteiger partial charge is 0.306 e. The van der Waals surface area contributed by atoms with Gasteiger partial charge in [-0.05, 0) is 57.9 Å². The van der Waals surface area contributed by atoms with Crippen molar-refractivity contribution in [2.45, 2.75) is 51.2 Å². The molecule has 1 saturated heterocycles. The molecule has 30 heavy (non-hydrogen) atoms. The van der Waals surface area contributed by atoms with Crippen LogP contribution in [-0.2, 0) is 10.2 Å². The molecule has 1 aliphatic heterocycles. The first kappa shape index (κ1) is 22.2. The minimum atomic E-state index is -4.45. The van der Waals surface area contributed by atoms with Crippen LogP contribution in [0.3, 0.4) is 0 Å². The summed E-state index contributed by atoms with van der Waals surface area (Å²) in [5.41, 5.74) is -1.16. The highest BCUT2D eigenvalue weighted by Crippen LogP contribution is 2.41. The second-order valence-electron chi connectivity index (χ2n) is 7.58. The van der Waals surface area contributed by atoms with Gasteiger partial charge >= 0.3 is 12.2 Å². The summed E-state index contributed by atoms with van der Waals surface area (Å²) in [6.45, 7) is 4.57. The molecule has 1 aliphatic rings. The van der Waals surface area contributed by atoms with Crippen molar-refractivity contribution in [3.05, 3.63) is 29.7 Å². The molecule has 0 aromatic carbocycles. The van der Waals surface area contributed by atoms with Crippen LogP contribution in [0.5, 0.6) is 0 Å². The van der Waals surface area contributed by atoms with Gasteiger partial charge in [-0.25, -0.2) is 9.78 Å². The maximum Gasteiger partial charge on any atom is 0.399 e. The molecular weight excluding hydrogens is 420 g/mol. The number of alkyl halides is 3. The Balaban J connectivity index is 1.75. The number of nitrogens with one attached hydrogen (secondary N) is 3. The Hall–Kier alpha value is -2.53. The van der Waals surface area contributed by atoms with E-state index in [1.165, 1.54) is 12.3 Å². The number of thiazole rings is 1. The average molecular weight is 442 g/mol. The number of rotatable bonds is 4. The third-order valence-electron chi connectivity index (χ3n) is 5.00. The fourth-order valence-electron chi connectivity index (χ4n) is 3.01. The Morgan fingerprint density at radius 1 is 1.30 bits per heavy atom. The molecule has 0 bridgehead atoms. The van der Waals surface area contributed by atoms with Crippen molar-refractivity contribution < 1.29 is 22.8 Å². The summed E-state index contributed by atoms with van der Waals surface area (Å²) in [5.74, 6) is -0.411. The number of nitrogens with zero attached hydrogens (tertiary/aromatic N) is 2. The summed E-state index contributed by atoms with van der Waals surface area (Å²) in [7, 11) is 0. The second-order valence-corrected chi connectivity index (χ2v) is 8.58. The number of carbonyl (C=O) groups is 2. The zero-order chi connectivity index (χ0) is 22.1. The summed E-state index contributed by atoms with van der Waals surface area (Å²) in [5, 5.41) is 8.01. The minimum Gasteiger partial charge on any atom is -0.306 e. The van der Waals surface area contributed by atoms with Gasteiger partial charge in [0.2, 0.25) is 5.91 Å². The molecule has 7 nitrogen and oxygen atoms in total. The first-order valence-electron chi connectivity index (χ1n) is 9.35. The maximum absolute atomic E-state index is 13.4.